The number of benzene rings is 1. The summed E-state index contributed by atoms with van der Waals surface area (Å²) in [5.74, 6) is 0.747. The Kier molecular flexibility index (Phi) is 7.56. The lowest BCUT2D eigenvalue weighted by Gasteiger charge is -2.34. The second-order valence-corrected chi connectivity index (χ2v) is 7.87. The number of halogens is 1. The van der Waals surface area contributed by atoms with Crippen LogP contribution in [0.3, 0.4) is 0 Å². The molecule has 1 fully saturated rings. The van der Waals surface area contributed by atoms with Crippen molar-refractivity contribution >= 4 is 18.3 Å². The Morgan fingerprint density at radius 3 is 2.50 bits per heavy atom. The van der Waals surface area contributed by atoms with Gasteiger partial charge in [-0.2, -0.15) is 0 Å². The van der Waals surface area contributed by atoms with E-state index < -0.39 is 0 Å². The molecule has 0 saturated carbocycles. The van der Waals surface area contributed by atoms with Crippen molar-refractivity contribution in [3.05, 3.63) is 29.8 Å². The Morgan fingerprint density at radius 1 is 1.25 bits per heavy atom. The van der Waals surface area contributed by atoms with E-state index in [2.05, 4.69) is 44.4 Å². The van der Waals surface area contributed by atoms with E-state index in [1.807, 2.05) is 18.2 Å². The van der Waals surface area contributed by atoms with Gasteiger partial charge in [-0.1, -0.05) is 45.9 Å². The summed E-state index contributed by atoms with van der Waals surface area (Å²) >= 11 is 0. The van der Waals surface area contributed by atoms with Crippen LogP contribution in [-0.4, -0.2) is 32.1 Å². The molecule has 0 aromatic heterocycles. The smallest absolute Gasteiger partial charge is 0.257 e. The number of carbonyl (C=O) groups excluding carboxylic acids is 1. The average molecular weight is 355 g/mol. The summed E-state index contributed by atoms with van der Waals surface area (Å²) in [5, 5.41) is 6.39. The van der Waals surface area contributed by atoms with E-state index in [4.69, 9.17) is 4.74 Å². The maximum Gasteiger partial charge on any atom is 0.257 e. The van der Waals surface area contributed by atoms with Gasteiger partial charge in [-0.3, -0.25) is 4.79 Å². The van der Waals surface area contributed by atoms with Crippen LogP contribution in [0.15, 0.2) is 24.3 Å². The summed E-state index contributed by atoms with van der Waals surface area (Å²) in [6.45, 7) is 11.5. The topological polar surface area (TPSA) is 50.4 Å². The van der Waals surface area contributed by atoms with Crippen LogP contribution in [0.5, 0.6) is 5.75 Å². The van der Waals surface area contributed by atoms with Gasteiger partial charge in [0.15, 0.2) is 6.61 Å². The number of para-hydroxylation sites is 1. The molecule has 5 heteroatoms. The molecule has 1 aromatic carbocycles. The van der Waals surface area contributed by atoms with E-state index in [9.17, 15) is 4.79 Å². The lowest BCUT2D eigenvalue weighted by molar-refractivity contribution is -0.123. The first-order chi connectivity index (χ1) is 10.8. The average Bonchev–Trinajstić information content (AvgIpc) is 2.51. The fraction of sp³-hybridized carbons (Fsp3) is 0.632. The zero-order valence-electron chi connectivity index (χ0n) is 15.3. The van der Waals surface area contributed by atoms with Gasteiger partial charge in [-0.15, -0.1) is 12.4 Å². The number of amides is 1. The number of carbonyl (C=O) groups is 1. The highest BCUT2D eigenvalue weighted by atomic mass is 35.5. The minimum absolute atomic E-state index is 0. The van der Waals surface area contributed by atoms with Gasteiger partial charge in [-0.25, -0.2) is 0 Å². The molecular weight excluding hydrogens is 324 g/mol. The summed E-state index contributed by atoms with van der Waals surface area (Å²) in [5.41, 5.74) is 1.32. The summed E-state index contributed by atoms with van der Waals surface area (Å²) < 4.78 is 5.77. The predicted molar refractivity (Wildman–Crippen MR) is 101 cm³/mol. The van der Waals surface area contributed by atoms with Crippen LogP contribution >= 0.6 is 12.4 Å². The summed E-state index contributed by atoms with van der Waals surface area (Å²) in [6.07, 6.45) is 2.20. The van der Waals surface area contributed by atoms with Crippen molar-refractivity contribution < 1.29 is 9.53 Å². The van der Waals surface area contributed by atoms with Gasteiger partial charge in [0.1, 0.15) is 5.75 Å². The van der Waals surface area contributed by atoms with Crippen molar-refractivity contribution in [2.45, 2.75) is 46.0 Å². The predicted octanol–water partition coefficient (Wildman–Crippen LogP) is 3.29. The number of hydrogen-bond acceptors (Lipinski definition) is 3. The molecule has 2 rings (SSSR count). The van der Waals surface area contributed by atoms with Gasteiger partial charge < -0.3 is 15.4 Å². The standard InChI is InChI=1S/C19H30N2O2.ClH/c1-18(2,3)15-7-5-6-8-16(15)23-13-17(22)21-14-19(4)9-11-20-12-10-19;/h5-8,20H,9-14H2,1-4H3,(H,21,22);1H. The maximum absolute atomic E-state index is 12.1. The number of rotatable bonds is 5. The van der Waals surface area contributed by atoms with Crippen LogP contribution in [0.25, 0.3) is 0 Å². The first kappa shape index (κ1) is 20.8. The van der Waals surface area contributed by atoms with Gasteiger partial charge in [0, 0.05) is 6.54 Å². The molecule has 0 spiro atoms. The van der Waals surface area contributed by atoms with Crippen LogP contribution in [0.1, 0.15) is 46.1 Å². The molecule has 1 heterocycles. The number of hydrogen-bond donors (Lipinski definition) is 2. The first-order valence-electron chi connectivity index (χ1n) is 8.50. The Bertz CT molecular complexity index is 534. The van der Waals surface area contributed by atoms with Crippen molar-refractivity contribution in [3.8, 4) is 5.75 Å². The monoisotopic (exact) mass is 354 g/mol. The third-order valence-corrected chi connectivity index (χ3v) is 4.58. The molecule has 0 aliphatic carbocycles. The van der Waals surface area contributed by atoms with Crippen LogP contribution in [-0.2, 0) is 10.2 Å². The summed E-state index contributed by atoms with van der Waals surface area (Å²) in [4.78, 5) is 12.1. The number of nitrogens with one attached hydrogen (secondary N) is 2. The SMILES string of the molecule is CC1(CNC(=O)COc2ccccc2C(C)(C)C)CCNCC1.Cl. The molecule has 1 amide bonds. The molecule has 1 aliphatic rings. The molecule has 136 valence electrons. The zero-order valence-corrected chi connectivity index (χ0v) is 16.1. The normalized spacial score (nSPS) is 16.8. The van der Waals surface area contributed by atoms with Crippen molar-refractivity contribution in [1.82, 2.24) is 10.6 Å². The van der Waals surface area contributed by atoms with E-state index in [1.165, 1.54) is 0 Å². The molecule has 4 nitrogen and oxygen atoms in total. The van der Waals surface area contributed by atoms with E-state index in [-0.39, 0.29) is 35.8 Å². The van der Waals surface area contributed by atoms with Gasteiger partial charge >= 0.3 is 0 Å². The van der Waals surface area contributed by atoms with E-state index in [1.54, 1.807) is 0 Å². The van der Waals surface area contributed by atoms with Gasteiger partial charge in [0.2, 0.25) is 0 Å². The maximum atomic E-state index is 12.1. The largest absolute Gasteiger partial charge is 0.483 e. The van der Waals surface area contributed by atoms with Crippen LogP contribution in [0, 0.1) is 5.41 Å². The second-order valence-electron chi connectivity index (χ2n) is 7.87. The lowest BCUT2D eigenvalue weighted by atomic mass is 9.81. The second kappa shape index (κ2) is 8.72. The minimum atomic E-state index is -0.0477. The van der Waals surface area contributed by atoms with Crippen molar-refractivity contribution in [2.75, 3.05) is 26.2 Å². The van der Waals surface area contributed by atoms with Crippen LogP contribution in [0.2, 0.25) is 0 Å². The lowest BCUT2D eigenvalue weighted by Crippen LogP contribution is -2.44. The van der Waals surface area contributed by atoms with E-state index >= 15 is 0 Å². The molecule has 1 saturated heterocycles. The highest BCUT2D eigenvalue weighted by Gasteiger charge is 2.27. The highest BCUT2D eigenvalue weighted by molar-refractivity contribution is 5.85. The van der Waals surface area contributed by atoms with Gasteiger partial charge in [0.05, 0.1) is 0 Å². The number of piperidine rings is 1. The fourth-order valence-corrected chi connectivity index (χ4v) is 2.93. The molecule has 0 bridgehead atoms. The fourth-order valence-electron chi connectivity index (χ4n) is 2.93. The van der Waals surface area contributed by atoms with E-state index in [0.29, 0.717) is 0 Å². The Labute approximate surface area is 152 Å². The Hall–Kier alpha value is -1.26. The van der Waals surface area contributed by atoms with Crippen molar-refractivity contribution in [2.24, 2.45) is 5.41 Å². The molecular formula is C19H31ClN2O2. The van der Waals surface area contributed by atoms with Crippen molar-refractivity contribution in [3.63, 3.8) is 0 Å². The molecule has 24 heavy (non-hydrogen) atoms. The van der Waals surface area contributed by atoms with Crippen LogP contribution in [0.4, 0.5) is 0 Å². The van der Waals surface area contributed by atoms with E-state index in [0.717, 1.165) is 43.8 Å². The molecule has 2 N–H and O–H groups in total. The van der Waals surface area contributed by atoms with Crippen LogP contribution < -0.4 is 15.4 Å². The van der Waals surface area contributed by atoms with Gasteiger partial charge in [0.25, 0.3) is 5.91 Å². The Morgan fingerprint density at radius 2 is 1.88 bits per heavy atom. The third-order valence-electron chi connectivity index (χ3n) is 4.58. The summed E-state index contributed by atoms with van der Waals surface area (Å²) in [7, 11) is 0. The molecule has 1 aliphatic heterocycles. The van der Waals surface area contributed by atoms with Crippen molar-refractivity contribution in [1.29, 1.82) is 0 Å². The highest BCUT2D eigenvalue weighted by Crippen LogP contribution is 2.31. The molecule has 0 unspecified atom stereocenters. The Balaban J connectivity index is 0.00000288. The number of ether oxygens (including phenoxy) is 1. The zero-order chi connectivity index (χ0) is 16.9. The van der Waals surface area contributed by atoms with Gasteiger partial charge in [-0.05, 0) is 48.4 Å². The quantitative estimate of drug-likeness (QED) is 0.853. The minimum Gasteiger partial charge on any atom is -0.483 e. The molecule has 0 radical (unpaired) electrons. The molecule has 0 atom stereocenters. The molecule has 1 aromatic rings. The summed E-state index contributed by atoms with van der Waals surface area (Å²) in [6, 6.07) is 7.94. The first-order valence-corrected chi connectivity index (χ1v) is 8.50. The third kappa shape index (κ3) is 5.99.